The van der Waals surface area contributed by atoms with E-state index < -0.39 is 15.8 Å². The average molecular weight is 330 g/mol. The van der Waals surface area contributed by atoms with Gasteiger partial charge in [-0.05, 0) is 30.2 Å². The van der Waals surface area contributed by atoms with Crippen LogP contribution in [0.2, 0.25) is 0 Å². The largest absolute Gasteiger partial charge is 0.374 e. The van der Waals surface area contributed by atoms with E-state index in [-0.39, 0.29) is 17.5 Å². The Balaban J connectivity index is 1.90. The molecule has 2 rings (SSSR count). The van der Waals surface area contributed by atoms with Gasteiger partial charge in [-0.3, -0.25) is 4.90 Å². The van der Waals surface area contributed by atoms with Crippen LogP contribution < -0.4 is 4.72 Å². The highest BCUT2D eigenvalue weighted by molar-refractivity contribution is 7.89. The van der Waals surface area contributed by atoms with Crippen molar-refractivity contribution in [2.45, 2.75) is 24.8 Å². The number of sulfonamides is 1. The summed E-state index contributed by atoms with van der Waals surface area (Å²) in [5.74, 6) is 0.105. The molecular formula is C15H23FN2O3S. The van der Waals surface area contributed by atoms with E-state index in [1.54, 1.807) is 0 Å². The first kappa shape index (κ1) is 17.3. The maximum atomic E-state index is 12.9. The molecule has 1 aromatic carbocycles. The van der Waals surface area contributed by atoms with E-state index in [1.807, 2.05) is 0 Å². The van der Waals surface area contributed by atoms with Crippen LogP contribution in [0.1, 0.15) is 13.8 Å². The van der Waals surface area contributed by atoms with E-state index in [9.17, 15) is 12.8 Å². The zero-order chi connectivity index (χ0) is 16.2. The van der Waals surface area contributed by atoms with Gasteiger partial charge in [0.05, 0.1) is 17.6 Å². The molecule has 0 bridgehead atoms. The quantitative estimate of drug-likeness (QED) is 0.858. The first-order valence-corrected chi connectivity index (χ1v) is 8.94. The summed E-state index contributed by atoms with van der Waals surface area (Å²) in [6.45, 7) is 7.70. The van der Waals surface area contributed by atoms with Gasteiger partial charge in [-0.1, -0.05) is 13.8 Å². The van der Waals surface area contributed by atoms with Crippen molar-refractivity contribution in [1.29, 1.82) is 0 Å². The highest BCUT2D eigenvalue weighted by Gasteiger charge is 2.23. The van der Waals surface area contributed by atoms with Crippen LogP contribution in [0.4, 0.5) is 4.39 Å². The monoisotopic (exact) mass is 330 g/mol. The smallest absolute Gasteiger partial charge is 0.240 e. The lowest BCUT2D eigenvalue weighted by atomic mass is 10.2. The lowest BCUT2D eigenvalue weighted by Gasteiger charge is -2.33. The van der Waals surface area contributed by atoms with E-state index in [1.165, 1.54) is 12.1 Å². The van der Waals surface area contributed by atoms with Crippen molar-refractivity contribution in [3.05, 3.63) is 30.1 Å². The van der Waals surface area contributed by atoms with Gasteiger partial charge in [0.2, 0.25) is 10.0 Å². The normalized spacial score (nSPS) is 20.5. The Labute approximate surface area is 131 Å². The van der Waals surface area contributed by atoms with E-state index in [0.717, 1.165) is 25.2 Å². The predicted octanol–water partition coefficient (Wildman–Crippen LogP) is 1.46. The number of nitrogens with zero attached hydrogens (tertiary/aromatic N) is 1. The Hall–Kier alpha value is -1.02. The second-order valence-corrected chi connectivity index (χ2v) is 7.72. The summed E-state index contributed by atoms with van der Waals surface area (Å²) in [6.07, 6.45) is -0.164. The number of hydrogen-bond acceptors (Lipinski definition) is 4. The topological polar surface area (TPSA) is 58.6 Å². The lowest BCUT2D eigenvalue weighted by Crippen LogP contribution is -2.48. The van der Waals surface area contributed by atoms with E-state index in [4.69, 9.17) is 4.74 Å². The number of nitrogens with one attached hydrogen (secondary N) is 1. The summed E-state index contributed by atoms with van der Waals surface area (Å²) in [4.78, 5) is 2.34. The first-order valence-electron chi connectivity index (χ1n) is 7.46. The van der Waals surface area contributed by atoms with Crippen LogP contribution >= 0.6 is 0 Å². The van der Waals surface area contributed by atoms with Gasteiger partial charge >= 0.3 is 0 Å². The van der Waals surface area contributed by atoms with Gasteiger partial charge in [0.1, 0.15) is 5.82 Å². The number of ether oxygens (including phenoxy) is 1. The molecule has 0 radical (unpaired) electrons. The fraction of sp³-hybridized carbons (Fsp3) is 0.600. The number of morpholine rings is 1. The molecule has 1 aromatic rings. The summed E-state index contributed by atoms with van der Waals surface area (Å²) < 4.78 is 45.3. The van der Waals surface area contributed by atoms with Crippen LogP contribution in [-0.2, 0) is 14.8 Å². The third kappa shape index (κ3) is 5.01. The number of hydrogen-bond donors (Lipinski definition) is 1. The van der Waals surface area contributed by atoms with Gasteiger partial charge in [0.25, 0.3) is 0 Å². The summed E-state index contributed by atoms with van der Waals surface area (Å²) >= 11 is 0. The average Bonchev–Trinajstić information content (AvgIpc) is 2.45. The van der Waals surface area contributed by atoms with Gasteiger partial charge < -0.3 is 4.74 Å². The van der Waals surface area contributed by atoms with Crippen LogP contribution in [0.5, 0.6) is 0 Å². The van der Waals surface area contributed by atoms with Crippen molar-refractivity contribution in [2.24, 2.45) is 5.92 Å². The fourth-order valence-electron chi connectivity index (χ4n) is 2.49. The SMILES string of the molecule is CC(C)CN1CCO[C@H](CNS(=O)(=O)c2ccc(F)cc2)C1. The van der Waals surface area contributed by atoms with Crippen LogP contribution in [0.3, 0.4) is 0 Å². The van der Waals surface area contributed by atoms with E-state index >= 15 is 0 Å². The molecule has 0 aliphatic carbocycles. The molecule has 0 aromatic heterocycles. The zero-order valence-corrected chi connectivity index (χ0v) is 13.8. The van der Waals surface area contributed by atoms with Crippen LogP contribution in [0.25, 0.3) is 0 Å². The van der Waals surface area contributed by atoms with Crippen LogP contribution in [-0.4, -0.2) is 52.2 Å². The molecule has 124 valence electrons. The molecule has 1 N–H and O–H groups in total. The second kappa shape index (κ2) is 7.50. The van der Waals surface area contributed by atoms with Crippen LogP contribution in [0, 0.1) is 11.7 Å². The molecule has 1 fully saturated rings. The zero-order valence-electron chi connectivity index (χ0n) is 13.0. The van der Waals surface area contributed by atoms with Crippen molar-refractivity contribution < 1.29 is 17.5 Å². The highest BCUT2D eigenvalue weighted by Crippen LogP contribution is 2.11. The minimum Gasteiger partial charge on any atom is -0.374 e. The van der Waals surface area contributed by atoms with E-state index in [0.29, 0.717) is 19.1 Å². The molecule has 1 atom stereocenters. The van der Waals surface area contributed by atoms with Crippen molar-refractivity contribution >= 4 is 10.0 Å². The fourth-order valence-corrected chi connectivity index (χ4v) is 3.55. The Morgan fingerprint density at radius 1 is 1.36 bits per heavy atom. The number of benzene rings is 1. The van der Waals surface area contributed by atoms with Gasteiger partial charge in [0.15, 0.2) is 0 Å². The molecule has 5 nitrogen and oxygen atoms in total. The van der Waals surface area contributed by atoms with Gasteiger partial charge in [-0.15, -0.1) is 0 Å². The minimum atomic E-state index is -3.63. The first-order chi connectivity index (χ1) is 10.4. The number of rotatable bonds is 6. The summed E-state index contributed by atoms with van der Waals surface area (Å²) in [5, 5.41) is 0. The maximum Gasteiger partial charge on any atom is 0.240 e. The van der Waals surface area contributed by atoms with Gasteiger partial charge in [-0.2, -0.15) is 0 Å². The second-order valence-electron chi connectivity index (χ2n) is 5.95. The molecule has 0 amide bonds. The Morgan fingerprint density at radius 2 is 2.05 bits per heavy atom. The Kier molecular flexibility index (Phi) is 5.91. The lowest BCUT2D eigenvalue weighted by molar-refractivity contribution is -0.0280. The van der Waals surface area contributed by atoms with Crippen molar-refractivity contribution in [1.82, 2.24) is 9.62 Å². The van der Waals surface area contributed by atoms with Crippen molar-refractivity contribution in [3.63, 3.8) is 0 Å². The Morgan fingerprint density at radius 3 is 2.68 bits per heavy atom. The maximum absolute atomic E-state index is 12.9. The molecule has 22 heavy (non-hydrogen) atoms. The Bertz CT molecular complexity index is 575. The molecule has 0 unspecified atom stereocenters. The molecule has 1 aliphatic heterocycles. The molecule has 1 heterocycles. The van der Waals surface area contributed by atoms with Crippen LogP contribution in [0.15, 0.2) is 29.2 Å². The summed E-state index contributed by atoms with van der Waals surface area (Å²) in [5.41, 5.74) is 0. The van der Waals surface area contributed by atoms with Crippen molar-refractivity contribution in [3.8, 4) is 0 Å². The summed E-state index contributed by atoms with van der Waals surface area (Å²) in [7, 11) is -3.63. The standard InChI is InChI=1S/C15H23FN2O3S/c1-12(2)10-18-7-8-21-14(11-18)9-17-22(19,20)15-5-3-13(16)4-6-15/h3-6,12,14,17H,7-11H2,1-2H3/t14-/m1/s1. The third-order valence-electron chi connectivity index (χ3n) is 3.47. The molecular weight excluding hydrogens is 307 g/mol. The molecule has 0 saturated carbocycles. The molecule has 1 aliphatic rings. The van der Waals surface area contributed by atoms with Gasteiger partial charge in [-0.25, -0.2) is 17.5 Å². The molecule has 7 heteroatoms. The predicted molar refractivity (Wildman–Crippen MR) is 82.6 cm³/mol. The minimum absolute atomic E-state index is 0.0590. The van der Waals surface area contributed by atoms with Crippen molar-refractivity contribution in [2.75, 3.05) is 32.8 Å². The molecule has 0 spiro atoms. The van der Waals surface area contributed by atoms with Gasteiger partial charge in [0, 0.05) is 26.2 Å². The third-order valence-corrected chi connectivity index (χ3v) is 4.91. The molecule has 1 saturated heterocycles. The summed E-state index contributed by atoms with van der Waals surface area (Å²) in [6, 6.07) is 4.78. The number of halogens is 1. The highest BCUT2D eigenvalue weighted by atomic mass is 32.2. The van der Waals surface area contributed by atoms with E-state index in [2.05, 4.69) is 23.5 Å².